The molecule has 0 aromatic heterocycles. The number of ether oxygens (including phenoxy) is 1. The first kappa shape index (κ1) is 13.8. The maximum Gasteiger partial charge on any atom is 0.125 e. The summed E-state index contributed by atoms with van der Waals surface area (Å²) in [4.78, 5) is 0. The molecule has 0 aliphatic heterocycles. The molecule has 0 unspecified atom stereocenters. The highest BCUT2D eigenvalue weighted by Crippen LogP contribution is 2.33. The fraction of sp³-hybridized carbons (Fsp3) is 0.571. The fourth-order valence-electron chi connectivity index (χ4n) is 2.37. The van der Waals surface area contributed by atoms with Crippen molar-refractivity contribution >= 4 is 15.9 Å². The topological polar surface area (TPSA) is 49.7 Å². The maximum atomic E-state index is 10.2. The Morgan fingerprint density at radius 3 is 2.67 bits per heavy atom. The molecule has 2 N–H and O–H groups in total. The van der Waals surface area contributed by atoms with Gasteiger partial charge in [-0.3, -0.25) is 0 Å². The first-order chi connectivity index (χ1) is 8.50. The molecule has 1 aliphatic rings. The lowest BCUT2D eigenvalue weighted by Gasteiger charge is -2.23. The first-order valence-electron chi connectivity index (χ1n) is 6.33. The van der Waals surface area contributed by atoms with Gasteiger partial charge in [0, 0.05) is 10.0 Å². The number of benzene rings is 1. The van der Waals surface area contributed by atoms with Crippen LogP contribution in [0, 0.1) is 0 Å². The smallest absolute Gasteiger partial charge is 0.125 e. The van der Waals surface area contributed by atoms with Gasteiger partial charge in [0.05, 0.1) is 11.7 Å². The van der Waals surface area contributed by atoms with Crippen LogP contribution < -0.4 is 4.74 Å². The van der Waals surface area contributed by atoms with E-state index in [-0.39, 0.29) is 0 Å². The van der Waals surface area contributed by atoms with Crippen LogP contribution in [0.5, 0.6) is 5.75 Å². The van der Waals surface area contributed by atoms with Crippen LogP contribution in [0.2, 0.25) is 0 Å². The third kappa shape index (κ3) is 3.25. The summed E-state index contributed by atoms with van der Waals surface area (Å²) >= 11 is 3.38. The molecule has 0 bridgehead atoms. The number of aliphatic hydroxyl groups is 2. The second kappa shape index (κ2) is 5.59. The van der Waals surface area contributed by atoms with Crippen molar-refractivity contribution in [2.24, 2.45) is 0 Å². The van der Waals surface area contributed by atoms with Crippen molar-refractivity contribution in [3.05, 3.63) is 28.2 Å². The van der Waals surface area contributed by atoms with Crippen LogP contribution in [0.4, 0.5) is 0 Å². The van der Waals surface area contributed by atoms with E-state index >= 15 is 0 Å². The van der Waals surface area contributed by atoms with Crippen molar-refractivity contribution in [2.75, 3.05) is 6.61 Å². The molecule has 1 aromatic rings. The molecule has 1 fully saturated rings. The molecule has 100 valence electrons. The molecule has 1 atom stereocenters. The van der Waals surface area contributed by atoms with Crippen molar-refractivity contribution in [1.82, 2.24) is 0 Å². The minimum Gasteiger partial charge on any atom is -0.490 e. The van der Waals surface area contributed by atoms with Crippen LogP contribution in [0.15, 0.2) is 22.7 Å². The molecule has 0 radical (unpaired) electrons. The van der Waals surface area contributed by atoms with Gasteiger partial charge >= 0.3 is 0 Å². The van der Waals surface area contributed by atoms with Gasteiger partial charge in [0.1, 0.15) is 12.4 Å². The molecule has 0 amide bonds. The van der Waals surface area contributed by atoms with Crippen LogP contribution in [0.3, 0.4) is 0 Å². The summed E-state index contributed by atoms with van der Waals surface area (Å²) in [5.74, 6) is 0.647. The summed E-state index contributed by atoms with van der Waals surface area (Å²) in [5, 5.41) is 20.0. The highest BCUT2D eigenvalue weighted by atomic mass is 79.9. The standard InChI is InChI=1S/C14H19BrO3/c1-10(16)12-8-11(15)4-5-13(12)18-9-14(17)6-2-3-7-14/h4-5,8,10,16-17H,2-3,6-7,9H2,1H3/t10-/m1/s1. The van der Waals surface area contributed by atoms with E-state index in [4.69, 9.17) is 4.74 Å². The number of hydrogen-bond donors (Lipinski definition) is 2. The van der Waals surface area contributed by atoms with E-state index in [0.29, 0.717) is 12.4 Å². The second-order valence-electron chi connectivity index (χ2n) is 5.08. The van der Waals surface area contributed by atoms with Gasteiger partial charge in [0.25, 0.3) is 0 Å². The average Bonchev–Trinajstić information content (AvgIpc) is 2.75. The number of hydrogen-bond acceptors (Lipinski definition) is 3. The average molecular weight is 315 g/mol. The van der Waals surface area contributed by atoms with Crippen LogP contribution in [0.1, 0.15) is 44.3 Å². The number of halogens is 1. The molecular weight excluding hydrogens is 296 g/mol. The molecule has 0 saturated heterocycles. The quantitative estimate of drug-likeness (QED) is 0.897. The van der Waals surface area contributed by atoms with Crippen molar-refractivity contribution in [3.8, 4) is 5.75 Å². The third-order valence-corrected chi connectivity index (χ3v) is 3.95. The Kier molecular flexibility index (Phi) is 4.30. The second-order valence-corrected chi connectivity index (χ2v) is 5.99. The molecule has 2 rings (SSSR count). The van der Waals surface area contributed by atoms with E-state index in [1.54, 1.807) is 6.92 Å². The van der Waals surface area contributed by atoms with Gasteiger partial charge in [0.15, 0.2) is 0 Å². The Bertz CT molecular complexity index is 412. The summed E-state index contributed by atoms with van der Waals surface area (Å²) in [6.07, 6.45) is 3.13. The maximum absolute atomic E-state index is 10.2. The van der Waals surface area contributed by atoms with E-state index in [1.807, 2.05) is 18.2 Å². The molecular formula is C14H19BrO3. The zero-order chi connectivity index (χ0) is 13.2. The Morgan fingerprint density at radius 1 is 1.39 bits per heavy atom. The molecule has 1 aromatic carbocycles. The Labute approximate surface area is 116 Å². The summed E-state index contributed by atoms with van der Waals surface area (Å²) < 4.78 is 6.62. The van der Waals surface area contributed by atoms with Crippen molar-refractivity contribution in [1.29, 1.82) is 0 Å². The molecule has 0 heterocycles. The largest absolute Gasteiger partial charge is 0.490 e. The number of aliphatic hydroxyl groups excluding tert-OH is 1. The van der Waals surface area contributed by atoms with Crippen molar-refractivity contribution in [3.63, 3.8) is 0 Å². The van der Waals surface area contributed by atoms with E-state index in [0.717, 1.165) is 35.7 Å². The Balaban J connectivity index is 2.09. The van der Waals surface area contributed by atoms with E-state index < -0.39 is 11.7 Å². The van der Waals surface area contributed by atoms with Gasteiger partial charge in [0.2, 0.25) is 0 Å². The van der Waals surface area contributed by atoms with E-state index in [1.165, 1.54) is 0 Å². The van der Waals surface area contributed by atoms with E-state index in [2.05, 4.69) is 15.9 Å². The highest BCUT2D eigenvalue weighted by molar-refractivity contribution is 9.10. The van der Waals surface area contributed by atoms with Crippen LogP contribution in [-0.2, 0) is 0 Å². The van der Waals surface area contributed by atoms with Gasteiger partial charge < -0.3 is 14.9 Å². The highest BCUT2D eigenvalue weighted by Gasteiger charge is 2.32. The zero-order valence-electron chi connectivity index (χ0n) is 10.5. The Hall–Kier alpha value is -0.580. The van der Waals surface area contributed by atoms with Gasteiger partial charge in [-0.05, 0) is 38.0 Å². The lowest BCUT2D eigenvalue weighted by atomic mass is 10.0. The lowest BCUT2D eigenvalue weighted by molar-refractivity contribution is 0.000468. The molecule has 0 spiro atoms. The van der Waals surface area contributed by atoms with E-state index in [9.17, 15) is 10.2 Å². The monoisotopic (exact) mass is 314 g/mol. The summed E-state index contributed by atoms with van der Waals surface area (Å²) in [7, 11) is 0. The predicted molar refractivity (Wildman–Crippen MR) is 73.7 cm³/mol. The van der Waals surface area contributed by atoms with Crippen LogP contribution >= 0.6 is 15.9 Å². The van der Waals surface area contributed by atoms with Gasteiger partial charge in [-0.1, -0.05) is 28.8 Å². The Morgan fingerprint density at radius 2 is 2.06 bits per heavy atom. The van der Waals surface area contributed by atoms with Crippen molar-refractivity contribution < 1.29 is 14.9 Å². The van der Waals surface area contributed by atoms with Gasteiger partial charge in [-0.15, -0.1) is 0 Å². The molecule has 1 saturated carbocycles. The predicted octanol–water partition coefficient (Wildman–Crippen LogP) is 3.19. The van der Waals surface area contributed by atoms with Crippen LogP contribution in [-0.4, -0.2) is 22.4 Å². The first-order valence-corrected chi connectivity index (χ1v) is 7.12. The molecule has 3 nitrogen and oxygen atoms in total. The minimum atomic E-state index is -0.691. The summed E-state index contributed by atoms with van der Waals surface area (Å²) in [6.45, 7) is 2.01. The molecule has 1 aliphatic carbocycles. The molecule has 4 heteroatoms. The SMILES string of the molecule is C[C@@H](O)c1cc(Br)ccc1OCC1(O)CCCC1. The number of rotatable bonds is 4. The zero-order valence-corrected chi connectivity index (χ0v) is 12.1. The van der Waals surface area contributed by atoms with Gasteiger partial charge in [-0.2, -0.15) is 0 Å². The lowest BCUT2D eigenvalue weighted by Crippen LogP contribution is -2.32. The third-order valence-electron chi connectivity index (χ3n) is 3.45. The van der Waals surface area contributed by atoms with Crippen LogP contribution in [0.25, 0.3) is 0 Å². The molecule has 18 heavy (non-hydrogen) atoms. The fourth-order valence-corrected chi connectivity index (χ4v) is 2.75. The van der Waals surface area contributed by atoms with Crippen molar-refractivity contribution in [2.45, 2.75) is 44.3 Å². The minimum absolute atomic E-state index is 0.300. The van der Waals surface area contributed by atoms with Gasteiger partial charge in [-0.25, -0.2) is 0 Å². The summed E-state index contributed by atoms with van der Waals surface area (Å²) in [5.41, 5.74) is 0.0502. The normalized spacial score (nSPS) is 19.8. The summed E-state index contributed by atoms with van der Waals surface area (Å²) in [6, 6.07) is 5.54.